The molecule has 2 nitrogen and oxygen atoms in total. The van der Waals surface area contributed by atoms with E-state index >= 15 is 0 Å². The van der Waals surface area contributed by atoms with Crippen molar-refractivity contribution >= 4 is 0 Å². The first kappa shape index (κ1) is 9.02. The van der Waals surface area contributed by atoms with Crippen LogP contribution in [0.25, 0.3) is 0 Å². The number of rotatable bonds is 3. The largest absolute Gasteiger partial charge is 0.293 e. The zero-order valence-electron chi connectivity index (χ0n) is 8.37. The highest BCUT2D eigenvalue weighted by Crippen LogP contribution is 2.48. The van der Waals surface area contributed by atoms with Gasteiger partial charge in [0.1, 0.15) is 0 Å². The third kappa shape index (κ3) is 1.86. The van der Waals surface area contributed by atoms with Crippen LogP contribution in [-0.4, -0.2) is 25.0 Å². The molecular formula is C11H18N2. The summed E-state index contributed by atoms with van der Waals surface area (Å²) in [6, 6.07) is 2.21. The first-order valence-corrected chi connectivity index (χ1v) is 5.35. The van der Waals surface area contributed by atoms with E-state index in [0.29, 0.717) is 6.54 Å². The van der Waals surface area contributed by atoms with Gasteiger partial charge in [0, 0.05) is 6.54 Å². The Morgan fingerprint density at radius 1 is 1.38 bits per heavy atom. The predicted molar refractivity (Wildman–Crippen MR) is 52.0 cm³/mol. The van der Waals surface area contributed by atoms with Gasteiger partial charge < -0.3 is 0 Å². The van der Waals surface area contributed by atoms with Crippen LogP contribution in [0.3, 0.4) is 0 Å². The van der Waals surface area contributed by atoms with Gasteiger partial charge in [0.05, 0.1) is 12.6 Å². The molecular weight excluding hydrogens is 160 g/mol. The Balaban J connectivity index is 1.80. The summed E-state index contributed by atoms with van der Waals surface area (Å²) < 4.78 is 0. The highest BCUT2D eigenvalue weighted by Gasteiger charge is 2.39. The number of nitriles is 1. The van der Waals surface area contributed by atoms with Crippen molar-refractivity contribution in [2.45, 2.75) is 25.7 Å². The Morgan fingerprint density at radius 2 is 2.23 bits per heavy atom. The summed E-state index contributed by atoms with van der Waals surface area (Å²) in [6.45, 7) is 1.74. The molecule has 2 heteroatoms. The van der Waals surface area contributed by atoms with Crippen molar-refractivity contribution in [3.05, 3.63) is 0 Å². The Morgan fingerprint density at radius 3 is 2.77 bits per heavy atom. The summed E-state index contributed by atoms with van der Waals surface area (Å²) in [6.07, 6.45) is 5.84. The second-order valence-electron chi connectivity index (χ2n) is 4.79. The summed E-state index contributed by atoms with van der Waals surface area (Å²) in [7, 11) is 2.06. The average molecular weight is 178 g/mol. The molecule has 3 unspecified atom stereocenters. The summed E-state index contributed by atoms with van der Waals surface area (Å²) in [5.41, 5.74) is 0. The molecule has 0 aromatic carbocycles. The lowest BCUT2D eigenvalue weighted by molar-refractivity contribution is 0.235. The molecule has 3 atom stereocenters. The maximum Gasteiger partial charge on any atom is 0.0863 e. The van der Waals surface area contributed by atoms with Gasteiger partial charge in [-0.3, -0.25) is 4.90 Å². The van der Waals surface area contributed by atoms with Gasteiger partial charge in [-0.25, -0.2) is 0 Å². The van der Waals surface area contributed by atoms with Crippen molar-refractivity contribution in [2.75, 3.05) is 20.1 Å². The first-order valence-electron chi connectivity index (χ1n) is 5.35. The van der Waals surface area contributed by atoms with Gasteiger partial charge in [0.2, 0.25) is 0 Å². The summed E-state index contributed by atoms with van der Waals surface area (Å²) in [5.74, 6) is 2.92. The number of hydrogen-bond donors (Lipinski definition) is 0. The molecule has 2 bridgehead atoms. The monoisotopic (exact) mass is 178 g/mol. The van der Waals surface area contributed by atoms with Crippen LogP contribution in [-0.2, 0) is 0 Å². The number of nitrogens with zero attached hydrogens (tertiary/aromatic N) is 2. The number of hydrogen-bond acceptors (Lipinski definition) is 2. The maximum atomic E-state index is 8.55. The van der Waals surface area contributed by atoms with Gasteiger partial charge >= 0.3 is 0 Å². The van der Waals surface area contributed by atoms with Crippen molar-refractivity contribution < 1.29 is 0 Å². The lowest BCUT2D eigenvalue weighted by atomic mass is 9.88. The van der Waals surface area contributed by atoms with Crippen LogP contribution in [0, 0.1) is 29.1 Å². The molecule has 2 aliphatic carbocycles. The fourth-order valence-electron chi connectivity index (χ4n) is 3.19. The van der Waals surface area contributed by atoms with Gasteiger partial charge in [-0.05, 0) is 44.1 Å². The zero-order chi connectivity index (χ0) is 9.26. The van der Waals surface area contributed by atoms with Gasteiger partial charge in [-0.2, -0.15) is 5.26 Å². The standard InChI is InChI=1S/C11H18N2/c1-13(5-4-12)8-11-7-9-2-3-10(11)6-9/h9-11H,2-3,5-8H2,1H3. The normalized spacial score (nSPS) is 36.8. The van der Waals surface area contributed by atoms with E-state index in [1.165, 1.54) is 25.7 Å². The third-order valence-corrected chi connectivity index (χ3v) is 3.77. The molecule has 0 aromatic heterocycles. The van der Waals surface area contributed by atoms with Crippen molar-refractivity contribution in [1.29, 1.82) is 5.26 Å². The minimum atomic E-state index is 0.591. The van der Waals surface area contributed by atoms with Gasteiger partial charge in [0.25, 0.3) is 0 Å². The van der Waals surface area contributed by atoms with Crippen LogP contribution < -0.4 is 0 Å². The van der Waals surface area contributed by atoms with E-state index in [-0.39, 0.29) is 0 Å². The van der Waals surface area contributed by atoms with Crippen LogP contribution >= 0.6 is 0 Å². The first-order chi connectivity index (χ1) is 6.29. The quantitative estimate of drug-likeness (QED) is 0.617. The third-order valence-electron chi connectivity index (χ3n) is 3.77. The Labute approximate surface area is 80.5 Å². The van der Waals surface area contributed by atoms with Gasteiger partial charge in [0.15, 0.2) is 0 Å². The molecule has 0 aliphatic heterocycles. The second kappa shape index (κ2) is 3.67. The molecule has 2 aliphatic rings. The van der Waals surface area contributed by atoms with E-state index < -0.39 is 0 Å². The molecule has 2 fully saturated rings. The zero-order valence-corrected chi connectivity index (χ0v) is 8.37. The van der Waals surface area contributed by atoms with Crippen LogP contribution in [0.4, 0.5) is 0 Å². The summed E-state index contributed by atoms with van der Waals surface area (Å²) >= 11 is 0. The Bertz CT molecular complexity index is 219. The Kier molecular flexibility index (Phi) is 2.55. The molecule has 0 amide bonds. The summed E-state index contributed by atoms with van der Waals surface area (Å²) in [5, 5.41) is 8.55. The van der Waals surface area contributed by atoms with Gasteiger partial charge in [-0.1, -0.05) is 6.42 Å². The fraction of sp³-hybridized carbons (Fsp3) is 0.909. The molecule has 0 N–H and O–H groups in total. The Hall–Kier alpha value is -0.550. The average Bonchev–Trinajstić information content (AvgIpc) is 2.65. The van der Waals surface area contributed by atoms with E-state index in [0.717, 1.165) is 24.3 Å². The lowest BCUT2D eigenvalue weighted by Crippen LogP contribution is -2.28. The van der Waals surface area contributed by atoms with Crippen LogP contribution in [0.1, 0.15) is 25.7 Å². The van der Waals surface area contributed by atoms with Crippen LogP contribution in [0.15, 0.2) is 0 Å². The molecule has 0 spiro atoms. The van der Waals surface area contributed by atoms with E-state index in [4.69, 9.17) is 5.26 Å². The number of fused-ring (bicyclic) bond motifs is 2. The minimum absolute atomic E-state index is 0.591. The van der Waals surface area contributed by atoms with Crippen molar-refractivity contribution in [2.24, 2.45) is 17.8 Å². The molecule has 0 heterocycles. The maximum absolute atomic E-state index is 8.55. The van der Waals surface area contributed by atoms with Crippen molar-refractivity contribution in [3.8, 4) is 6.07 Å². The van der Waals surface area contributed by atoms with Crippen molar-refractivity contribution in [3.63, 3.8) is 0 Å². The minimum Gasteiger partial charge on any atom is -0.293 e. The highest BCUT2D eigenvalue weighted by molar-refractivity contribution is 4.91. The van der Waals surface area contributed by atoms with Crippen LogP contribution in [0.5, 0.6) is 0 Å². The van der Waals surface area contributed by atoms with Crippen molar-refractivity contribution in [1.82, 2.24) is 4.90 Å². The lowest BCUT2D eigenvalue weighted by Gasteiger charge is -2.25. The molecule has 0 saturated heterocycles. The highest BCUT2D eigenvalue weighted by atomic mass is 15.1. The molecule has 13 heavy (non-hydrogen) atoms. The smallest absolute Gasteiger partial charge is 0.0863 e. The second-order valence-corrected chi connectivity index (χ2v) is 4.79. The SMILES string of the molecule is CN(CC#N)CC1CC2CCC1C2. The fourth-order valence-corrected chi connectivity index (χ4v) is 3.19. The topological polar surface area (TPSA) is 27.0 Å². The summed E-state index contributed by atoms with van der Waals surface area (Å²) in [4.78, 5) is 2.17. The molecule has 0 radical (unpaired) electrons. The van der Waals surface area contributed by atoms with E-state index in [2.05, 4.69) is 18.0 Å². The van der Waals surface area contributed by atoms with E-state index in [1.807, 2.05) is 0 Å². The predicted octanol–water partition coefficient (Wildman–Crippen LogP) is 1.88. The molecule has 0 aromatic rings. The molecule has 72 valence electrons. The molecule has 2 rings (SSSR count). The van der Waals surface area contributed by atoms with E-state index in [9.17, 15) is 0 Å². The van der Waals surface area contributed by atoms with Gasteiger partial charge in [-0.15, -0.1) is 0 Å². The van der Waals surface area contributed by atoms with E-state index in [1.54, 1.807) is 0 Å². The van der Waals surface area contributed by atoms with Crippen LogP contribution in [0.2, 0.25) is 0 Å². The molecule has 2 saturated carbocycles.